The molecule has 0 amide bonds. The topological polar surface area (TPSA) is 124 Å². The van der Waals surface area contributed by atoms with Gasteiger partial charge in [-0.15, -0.1) is 0 Å². The van der Waals surface area contributed by atoms with Gasteiger partial charge in [-0.3, -0.25) is 0 Å². The summed E-state index contributed by atoms with van der Waals surface area (Å²) in [4.78, 5) is 15.9. The lowest BCUT2D eigenvalue weighted by atomic mass is 10.0. The molecule has 2 aromatic heterocycles. The van der Waals surface area contributed by atoms with Crippen LogP contribution in [0.15, 0.2) is 36.5 Å². The Morgan fingerprint density at radius 1 is 0.909 bits per heavy atom. The van der Waals surface area contributed by atoms with Crippen molar-refractivity contribution in [3.8, 4) is 28.3 Å². The lowest BCUT2D eigenvalue weighted by molar-refractivity contribution is 0.477. The molecule has 22 heavy (non-hydrogen) atoms. The first-order valence-electron chi connectivity index (χ1n) is 6.25. The average Bonchev–Trinajstić information content (AvgIpc) is 2.46. The van der Waals surface area contributed by atoms with Crippen molar-refractivity contribution in [2.75, 3.05) is 11.5 Å². The van der Waals surface area contributed by atoms with Crippen LogP contribution in [0, 0.1) is 0 Å². The van der Waals surface area contributed by atoms with Crippen LogP contribution in [0.3, 0.4) is 0 Å². The molecule has 1 aromatic carbocycles. The third-order valence-electron chi connectivity index (χ3n) is 2.95. The Morgan fingerprint density at radius 2 is 1.68 bits per heavy atom. The van der Waals surface area contributed by atoms with Crippen LogP contribution in [0.2, 0.25) is 5.15 Å². The zero-order chi connectivity index (χ0) is 15.7. The van der Waals surface area contributed by atoms with Crippen molar-refractivity contribution in [1.29, 1.82) is 0 Å². The normalized spacial score (nSPS) is 10.6. The lowest BCUT2D eigenvalue weighted by Crippen LogP contribution is -1.97. The molecule has 110 valence electrons. The highest BCUT2D eigenvalue weighted by molar-refractivity contribution is 6.29. The fourth-order valence-corrected chi connectivity index (χ4v) is 2.20. The van der Waals surface area contributed by atoms with E-state index in [1.54, 1.807) is 24.4 Å². The number of phenolic OH excluding ortho intramolecular Hbond substituents is 1. The summed E-state index contributed by atoms with van der Waals surface area (Å²) in [7, 11) is 0. The largest absolute Gasteiger partial charge is 0.507 e. The molecule has 7 nitrogen and oxygen atoms in total. The Bertz CT molecular complexity index is 834. The van der Waals surface area contributed by atoms with Gasteiger partial charge >= 0.3 is 0 Å². The summed E-state index contributed by atoms with van der Waals surface area (Å²) in [5.74, 6) is 0.236. The van der Waals surface area contributed by atoms with Crippen molar-refractivity contribution in [3.63, 3.8) is 0 Å². The van der Waals surface area contributed by atoms with E-state index in [1.165, 1.54) is 12.1 Å². The van der Waals surface area contributed by atoms with Gasteiger partial charge in [0.2, 0.25) is 11.9 Å². The molecule has 0 aliphatic rings. The molecule has 0 radical (unpaired) electrons. The molecule has 0 unspecified atom stereocenters. The molecule has 0 saturated carbocycles. The molecule has 0 spiro atoms. The van der Waals surface area contributed by atoms with Gasteiger partial charge in [0.1, 0.15) is 10.9 Å². The van der Waals surface area contributed by atoms with Crippen LogP contribution >= 0.6 is 11.6 Å². The predicted octanol–water partition coefficient (Wildman–Crippen LogP) is 2.12. The van der Waals surface area contributed by atoms with Gasteiger partial charge in [0, 0.05) is 23.4 Å². The van der Waals surface area contributed by atoms with E-state index >= 15 is 0 Å². The molecule has 3 aromatic rings. The summed E-state index contributed by atoms with van der Waals surface area (Å²) >= 11 is 5.88. The molecule has 0 fully saturated rings. The monoisotopic (exact) mass is 314 g/mol. The van der Waals surface area contributed by atoms with Crippen molar-refractivity contribution < 1.29 is 5.11 Å². The van der Waals surface area contributed by atoms with E-state index in [2.05, 4.69) is 19.9 Å². The number of phenols is 1. The standard InChI is InChI=1S/C14H11ClN6O/c15-12-6-10(20-14(17)21-12)8-5-7(1-2-11(8)22)9-3-4-18-13(16)19-9/h1-6,22H,(H2,16,18,19)(H2,17,20,21). The van der Waals surface area contributed by atoms with Gasteiger partial charge < -0.3 is 16.6 Å². The van der Waals surface area contributed by atoms with Crippen molar-refractivity contribution in [2.24, 2.45) is 0 Å². The number of halogens is 1. The van der Waals surface area contributed by atoms with Crippen molar-refractivity contribution in [3.05, 3.63) is 41.7 Å². The first-order valence-corrected chi connectivity index (χ1v) is 6.63. The Kier molecular flexibility index (Phi) is 3.48. The second kappa shape index (κ2) is 5.45. The van der Waals surface area contributed by atoms with Crippen LogP contribution in [0.1, 0.15) is 0 Å². The van der Waals surface area contributed by atoms with Gasteiger partial charge in [0.25, 0.3) is 0 Å². The van der Waals surface area contributed by atoms with E-state index in [9.17, 15) is 5.11 Å². The summed E-state index contributed by atoms with van der Waals surface area (Å²) < 4.78 is 0. The highest BCUT2D eigenvalue weighted by atomic mass is 35.5. The Hall–Kier alpha value is -2.93. The molecule has 0 atom stereocenters. The number of rotatable bonds is 2. The van der Waals surface area contributed by atoms with E-state index in [1.807, 2.05) is 0 Å². The third kappa shape index (κ3) is 2.75. The first kappa shape index (κ1) is 14.0. The van der Waals surface area contributed by atoms with Crippen molar-refractivity contribution in [2.45, 2.75) is 0 Å². The summed E-state index contributed by atoms with van der Waals surface area (Å²) in [5, 5.41) is 10.3. The van der Waals surface area contributed by atoms with Gasteiger partial charge in [0.15, 0.2) is 0 Å². The van der Waals surface area contributed by atoms with Crippen LogP contribution in [-0.2, 0) is 0 Å². The number of nitrogen functional groups attached to an aromatic ring is 2. The number of hydrogen-bond donors (Lipinski definition) is 3. The maximum atomic E-state index is 10.1. The molecule has 0 saturated heterocycles. The molecular formula is C14H11ClN6O. The van der Waals surface area contributed by atoms with Crippen LogP contribution in [0.25, 0.3) is 22.5 Å². The summed E-state index contributed by atoms with van der Waals surface area (Å²) in [6.07, 6.45) is 1.56. The van der Waals surface area contributed by atoms with E-state index in [0.717, 1.165) is 5.56 Å². The van der Waals surface area contributed by atoms with Gasteiger partial charge in [-0.1, -0.05) is 11.6 Å². The average molecular weight is 315 g/mol. The number of aromatic hydroxyl groups is 1. The molecule has 0 aliphatic carbocycles. The fraction of sp³-hybridized carbons (Fsp3) is 0. The third-order valence-corrected chi connectivity index (χ3v) is 3.15. The molecule has 8 heteroatoms. The van der Waals surface area contributed by atoms with Gasteiger partial charge in [-0.2, -0.15) is 0 Å². The van der Waals surface area contributed by atoms with Crippen molar-refractivity contribution >= 4 is 23.5 Å². The van der Waals surface area contributed by atoms with Gasteiger partial charge in [-0.05, 0) is 24.3 Å². The van der Waals surface area contributed by atoms with Crippen LogP contribution in [0.4, 0.5) is 11.9 Å². The molecule has 3 rings (SSSR count). The first-order chi connectivity index (χ1) is 10.5. The minimum Gasteiger partial charge on any atom is -0.507 e. The van der Waals surface area contributed by atoms with E-state index < -0.39 is 0 Å². The van der Waals surface area contributed by atoms with Gasteiger partial charge in [0.05, 0.1) is 11.4 Å². The second-order valence-corrected chi connectivity index (χ2v) is 4.85. The molecular weight excluding hydrogens is 304 g/mol. The number of nitrogens with zero attached hydrogens (tertiary/aromatic N) is 4. The second-order valence-electron chi connectivity index (χ2n) is 4.47. The van der Waals surface area contributed by atoms with Crippen LogP contribution in [-0.4, -0.2) is 25.0 Å². The molecule has 0 aliphatic heterocycles. The predicted molar refractivity (Wildman–Crippen MR) is 84.0 cm³/mol. The van der Waals surface area contributed by atoms with E-state index in [-0.39, 0.29) is 22.8 Å². The van der Waals surface area contributed by atoms with Crippen LogP contribution < -0.4 is 11.5 Å². The molecule has 0 bridgehead atoms. The zero-order valence-electron chi connectivity index (χ0n) is 11.2. The Labute approximate surface area is 130 Å². The summed E-state index contributed by atoms with van der Waals surface area (Å²) in [5.41, 5.74) is 13.4. The van der Waals surface area contributed by atoms with Gasteiger partial charge in [-0.25, -0.2) is 19.9 Å². The fourth-order valence-electron chi connectivity index (χ4n) is 2.01. The van der Waals surface area contributed by atoms with Crippen LogP contribution in [0.5, 0.6) is 5.75 Å². The quantitative estimate of drug-likeness (QED) is 0.619. The number of benzene rings is 1. The minimum absolute atomic E-state index is 0.0265. The van der Waals surface area contributed by atoms with Crippen molar-refractivity contribution in [1.82, 2.24) is 19.9 Å². The maximum Gasteiger partial charge on any atom is 0.221 e. The Morgan fingerprint density at radius 3 is 2.41 bits per heavy atom. The number of nitrogens with two attached hydrogens (primary N) is 2. The number of aromatic nitrogens is 4. The van der Waals surface area contributed by atoms with E-state index in [0.29, 0.717) is 17.0 Å². The molecule has 5 N–H and O–H groups in total. The summed E-state index contributed by atoms with van der Waals surface area (Å²) in [6.45, 7) is 0. The number of anilines is 2. The highest BCUT2D eigenvalue weighted by Gasteiger charge is 2.11. The smallest absolute Gasteiger partial charge is 0.221 e. The number of hydrogen-bond acceptors (Lipinski definition) is 7. The minimum atomic E-state index is 0.0265. The highest BCUT2D eigenvalue weighted by Crippen LogP contribution is 2.33. The maximum absolute atomic E-state index is 10.1. The summed E-state index contributed by atoms with van der Waals surface area (Å²) in [6, 6.07) is 8.20. The Balaban J connectivity index is 2.14. The zero-order valence-corrected chi connectivity index (χ0v) is 12.0. The molecule has 2 heterocycles. The lowest BCUT2D eigenvalue weighted by Gasteiger charge is -2.08. The SMILES string of the molecule is Nc1nccc(-c2ccc(O)c(-c3cc(Cl)nc(N)n3)c2)n1. The van der Waals surface area contributed by atoms with E-state index in [4.69, 9.17) is 23.1 Å².